The summed E-state index contributed by atoms with van der Waals surface area (Å²) >= 11 is 1.71. The summed E-state index contributed by atoms with van der Waals surface area (Å²) < 4.78 is 3.49. The van der Waals surface area contributed by atoms with Crippen LogP contribution in [0.15, 0.2) is 42.2 Å². The van der Waals surface area contributed by atoms with E-state index in [2.05, 4.69) is 46.1 Å². The molecule has 0 aliphatic carbocycles. The van der Waals surface area contributed by atoms with Crippen LogP contribution in [0, 0.1) is 0 Å². The second-order valence-electron chi connectivity index (χ2n) is 7.25. The molecule has 1 aromatic carbocycles. The Hall–Kier alpha value is -2.18. The number of aromatic nitrogens is 2. The van der Waals surface area contributed by atoms with Crippen molar-refractivity contribution in [2.45, 2.75) is 25.4 Å². The number of imidazole rings is 1. The van der Waals surface area contributed by atoms with E-state index in [4.69, 9.17) is 0 Å². The minimum atomic E-state index is 0.204. The third kappa shape index (κ3) is 3.39. The van der Waals surface area contributed by atoms with Crippen molar-refractivity contribution in [2.24, 2.45) is 0 Å². The highest BCUT2D eigenvalue weighted by Crippen LogP contribution is 2.28. The van der Waals surface area contributed by atoms with Crippen LogP contribution >= 0.6 is 11.3 Å². The summed E-state index contributed by atoms with van der Waals surface area (Å²) in [7, 11) is 4.17. The van der Waals surface area contributed by atoms with Crippen LogP contribution in [0.2, 0.25) is 0 Å². The molecule has 0 unspecified atom stereocenters. The number of nitrogens with zero attached hydrogens (tertiary/aromatic N) is 4. The average molecular weight is 369 g/mol. The SMILES string of the molecule is CN(C)CC[C@@H]1CN(C(=O)Cc2csc3ccccc23)Cc2cncn21. The van der Waals surface area contributed by atoms with Crippen LogP contribution < -0.4 is 0 Å². The van der Waals surface area contributed by atoms with Crippen LogP contribution in [0.4, 0.5) is 0 Å². The first kappa shape index (κ1) is 17.2. The summed E-state index contributed by atoms with van der Waals surface area (Å²) in [6, 6.07) is 8.61. The number of hydrogen-bond donors (Lipinski definition) is 0. The zero-order valence-electron chi connectivity index (χ0n) is 15.3. The van der Waals surface area contributed by atoms with Crippen LogP contribution in [0.5, 0.6) is 0 Å². The van der Waals surface area contributed by atoms with Gasteiger partial charge in [0.25, 0.3) is 0 Å². The first-order chi connectivity index (χ1) is 12.6. The molecule has 1 aliphatic heterocycles. The maximum atomic E-state index is 13.0. The zero-order chi connectivity index (χ0) is 18.1. The predicted octanol–water partition coefficient (Wildman–Crippen LogP) is 3.18. The minimum absolute atomic E-state index is 0.204. The van der Waals surface area contributed by atoms with Crippen LogP contribution in [-0.2, 0) is 17.8 Å². The smallest absolute Gasteiger partial charge is 0.227 e. The van der Waals surface area contributed by atoms with Crippen LogP contribution in [0.25, 0.3) is 10.1 Å². The van der Waals surface area contributed by atoms with E-state index in [1.54, 1.807) is 11.3 Å². The van der Waals surface area contributed by atoms with E-state index in [1.165, 1.54) is 10.1 Å². The molecular weight excluding hydrogens is 344 g/mol. The Morgan fingerprint density at radius 3 is 3.04 bits per heavy atom. The summed E-state index contributed by atoms with van der Waals surface area (Å²) in [4.78, 5) is 21.5. The first-order valence-electron chi connectivity index (χ1n) is 9.00. The lowest BCUT2D eigenvalue weighted by atomic mass is 10.1. The average Bonchev–Trinajstić information content (AvgIpc) is 3.26. The Morgan fingerprint density at radius 2 is 2.19 bits per heavy atom. The van der Waals surface area contributed by atoms with Crippen molar-refractivity contribution in [3.63, 3.8) is 0 Å². The van der Waals surface area contributed by atoms with E-state index in [9.17, 15) is 4.79 Å². The molecule has 3 heterocycles. The van der Waals surface area contributed by atoms with Crippen LogP contribution in [0.1, 0.15) is 23.7 Å². The van der Waals surface area contributed by atoms with E-state index >= 15 is 0 Å². The Morgan fingerprint density at radius 1 is 1.35 bits per heavy atom. The number of thiophene rings is 1. The fourth-order valence-electron chi connectivity index (χ4n) is 3.66. The molecule has 5 nitrogen and oxygen atoms in total. The van der Waals surface area contributed by atoms with Gasteiger partial charge in [-0.15, -0.1) is 11.3 Å². The number of rotatable bonds is 5. The summed E-state index contributed by atoms with van der Waals surface area (Å²) in [5.74, 6) is 0.204. The second-order valence-corrected chi connectivity index (χ2v) is 8.16. The lowest BCUT2D eigenvalue weighted by Crippen LogP contribution is -2.42. The van der Waals surface area contributed by atoms with Crippen LogP contribution in [-0.4, -0.2) is 52.4 Å². The standard InChI is InChI=1S/C20H24N4OS/c1-22(2)8-7-16-11-23(12-17-10-21-14-24(16)17)20(25)9-15-13-26-19-6-4-3-5-18(15)19/h3-6,10,13-14,16H,7-9,11-12H2,1-2H3/t16-/m1/s1. The van der Waals surface area contributed by atoms with Crippen molar-refractivity contribution in [3.8, 4) is 0 Å². The number of hydrogen-bond acceptors (Lipinski definition) is 4. The van der Waals surface area contributed by atoms with Crippen molar-refractivity contribution >= 4 is 27.3 Å². The Labute approximate surface area is 157 Å². The molecule has 136 valence electrons. The number of amides is 1. The normalized spacial score (nSPS) is 17.0. The summed E-state index contributed by atoms with van der Waals surface area (Å²) in [5, 5.41) is 3.33. The van der Waals surface area contributed by atoms with Crippen molar-refractivity contribution in [1.29, 1.82) is 0 Å². The minimum Gasteiger partial charge on any atom is -0.334 e. The quantitative estimate of drug-likeness (QED) is 0.695. The van der Waals surface area contributed by atoms with Gasteiger partial charge in [-0.2, -0.15) is 0 Å². The maximum Gasteiger partial charge on any atom is 0.227 e. The van der Waals surface area contributed by atoms with E-state index in [1.807, 2.05) is 29.6 Å². The van der Waals surface area contributed by atoms with Gasteiger partial charge >= 0.3 is 0 Å². The van der Waals surface area contributed by atoms with Gasteiger partial charge in [0.15, 0.2) is 0 Å². The van der Waals surface area contributed by atoms with Crippen molar-refractivity contribution < 1.29 is 4.79 Å². The molecular formula is C20H24N4OS. The molecule has 0 N–H and O–H groups in total. The second kappa shape index (κ2) is 7.21. The molecule has 0 bridgehead atoms. The molecule has 0 fully saturated rings. The van der Waals surface area contributed by atoms with Gasteiger partial charge in [0.2, 0.25) is 5.91 Å². The van der Waals surface area contributed by atoms with Gasteiger partial charge in [0, 0.05) is 17.4 Å². The van der Waals surface area contributed by atoms with E-state index in [-0.39, 0.29) is 5.91 Å². The molecule has 0 saturated heterocycles. The Bertz CT molecular complexity index is 913. The summed E-state index contributed by atoms with van der Waals surface area (Å²) in [5.41, 5.74) is 2.27. The highest BCUT2D eigenvalue weighted by Gasteiger charge is 2.28. The molecule has 1 aliphatic rings. The number of benzene rings is 1. The monoisotopic (exact) mass is 368 g/mol. The molecule has 0 spiro atoms. The first-order valence-corrected chi connectivity index (χ1v) is 9.88. The summed E-state index contributed by atoms with van der Waals surface area (Å²) in [6.45, 7) is 2.41. The highest BCUT2D eigenvalue weighted by molar-refractivity contribution is 7.17. The molecule has 2 aromatic heterocycles. The lowest BCUT2D eigenvalue weighted by Gasteiger charge is -2.35. The van der Waals surface area contributed by atoms with Crippen molar-refractivity contribution in [2.75, 3.05) is 27.2 Å². The van der Waals surface area contributed by atoms with Crippen LogP contribution in [0.3, 0.4) is 0 Å². The Kier molecular flexibility index (Phi) is 4.78. The van der Waals surface area contributed by atoms with Gasteiger partial charge in [-0.05, 0) is 49.5 Å². The highest BCUT2D eigenvalue weighted by atomic mass is 32.1. The van der Waals surface area contributed by atoms with Gasteiger partial charge in [0.05, 0.1) is 31.0 Å². The molecule has 0 saturated carbocycles. The van der Waals surface area contributed by atoms with E-state index in [0.29, 0.717) is 19.0 Å². The topological polar surface area (TPSA) is 41.4 Å². The predicted molar refractivity (Wildman–Crippen MR) is 105 cm³/mol. The van der Waals surface area contributed by atoms with Crippen molar-refractivity contribution in [3.05, 3.63) is 53.4 Å². The molecule has 0 radical (unpaired) electrons. The molecule has 4 rings (SSSR count). The summed E-state index contributed by atoms with van der Waals surface area (Å²) in [6.07, 6.45) is 5.28. The number of fused-ring (bicyclic) bond motifs is 2. The van der Waals surface area contributed by atoms with Gasteiger partial charge in [-0.1, -0.05) is 18.2 Å². The third-order valence-electron chi connectivity index (χ3n) is 5.09. The number of carbonyl (C=O) groups is 1. The van der Waals surface area contributed by atoms with Gasteiger partial charge in [-0.25, -0.2) is 4.98 Å². The Balaban J connectivity index is 1.51. The molecule has 3 aromatic rings. The van der Waals surface area contributed by atoms with Gasteiger partial charge in [0.1, 0.15) is 0 Å². The molecule has 1 atom stereocenters. The molecule has 6 heteroatoms. The number of carbonyl (C=O) groups excluding carboxylic acids is 1. The van der Waals surface area contributed by atoms with Gasteiger partial charge in [-0.3, -0.25) is 4.79 Å². The van der Waals surface area contributed by atoms with E-state index < -0.39 is 0 Å². The fourth-order valence-corrected chi connectivity index (χ4v) is 4.62. The van der Waals surface area contributed by atoms with Gasteiger partial charge < -0.3 is 14.4 Å². The lowest BCUT2D eigenvalue weighted by molar-refractivity contribution is -0.132. The van der Waals surface area contributed by atoms with E-state index in [0.717, 1.165) is 30.8 Å². The largest absolute Gasteiger partial charge is 0.334 e. The fraction of sp³-hybridized carbons (Fsp3) is 0.400. The molecule has 26 heavy (non-hydrogen) atoms. The third-order valence-corrected chi connectivity index (χ3v) is 6.10. The maximum absolute atomic E-state index is 13.0. The molecule has 1 amide bonds. The van der Waals surface area contributed by atoms with Crippen molar-refractivity contribution in [1.82, 2.24) is 19.4 Å². The zero-order valence-corrected chi connectivity index (χ0v) is 16.1.